The van der Waals surface area contributed by atoms with E-state index >= 15 is 0 Å². The van der Waals surface area contributed by atoms with E-state index in [1.54, 1.807) is 36.4 Å². The number of hydrogen-bond donors (Lipinski definition) is 1. The third kappa shape index (κ3) is 2.70. The van der Waals surface area contributed by atoms with E-state index in [1.807, 2.05) is 24.3 Å². The van der Waals surface area contributed by atoms with Crippen LogP contribution in [0.5, 0.6) is 0 Å². The molecule has 1 aromatic heterocycles. The van der Waals surface area contributed by atoms with Crippen molar-refractivity contribution < 1.29 is 9.59 Å². The van der Waals surface area contributed by atoms with Crippen LogP contribution in [0.15, 0.2) is 48.8 Å². The Morgan fingerprint density at radius 2 is 1.91 bits per heavy atom. The molecule has 0 spiro atoms. The summed E-state index contributed by atoms with van der Waals surface area (Å²) in [7, 11) is 0. The molecular weight excluding hydrogens is 278 g/mol. The molecule has 1 aliphatic heterocycles. The van der Waals surface area contributed by atoms with Crippen molar-refractivity contribution in [2.24, 2.45) is 0 Å². The van der Waals surface area contributed by atoms with Gasteiger partial charge in [0.25, 0.3) is 5.91 Å². The van der Waals surface area contributed by atoms with Crippen molar-refractivity contribution in [3.8, 4) is 0 Å². The first-order chi connectivity index (χ1) is 10.7. The highest BCUT2D eigenvalue weighted by Gasteiger charge is 2.28. The zero-order chi connectivity index (χ0) is 15.5. The number of rotatable bonds is 3. The molecule has 5 heteroatoms. The lowest BCUT2D eigenvalue weighted by atomic mass is 10.2. The molecule has 1 N–H and O–H groups in total. The molecule has 0 radical (unpaired) electrons. The minimum Gasteiger partial charge on any atom is -0.341 e. The van der Waals surface area contributed by atoms with Crippen LogP contribution >= 0.6 is 0 Å². The van der Waals surface area contributed by atoms with Gasteiger partial charge in [0.1, 0.15) is 6.04 Å². The number of anilines is 1. The Bertz CT molecular complexity index is 700. The first-order valence-electron chi connectivity index (χ1n) is 7.27. The molecule has 1 atom stereocenters. The number of fused-ring (bicyclic) bond motifs is 1. The maximum Gasteiger partial charge on any atom is 0.252 e. The Morgan fingerprint density at radius 3 is 2.68 bits per heavy atom. The lowest BCUT2D eigenvalue weighted by Gasteiger charge is -2.22. The number of nitrogens with one attached hydrogen (secondary N) is 1. The number of aromatic nitrogens is 1. The molecule has 3 rings (SSSR count). The molecule has 2 heterocycles. The molecular formula is C17H17N3O2. The number of hydrogen-bond acceptors (Lipinski definition) is 3. The van der Waals surface area contributed by atoms with Crippen LogP contribution in [0, 0.1) is 0 Å². The lowest BCUT2D eigenvalue weighted by molar-refractivity contribution is -0.119. The van der Waals surface area contributed by atoms with Gasteiger partial charge in [-0.1, -0.05) is 18.2 Å². The van der Waals surface area contributed by atoms with Gasteiger partial charge in [-0.15, -0.1) is 0 Å². The number of carbonyl (C=O) groups is 2. The second-order valence-electron chi connectivity index (χ2n) is 5.30. The Balaban J connectivity index is 1.70. The van der Waals surface area contributed by atoms with Gasteiger partial charge >= 0.3 is 0 Å². The first-order valence-corrected chi connectivity index (χ1v) is 7.27. The smallest absolute Gasteiger partial charge is 0.252 e. The molecule has 1 aliphatic rings. The maximum absolute atomic E-state index is 12.6. The summed E-state index contributed by atoms with van der Waals surface area (Å²) in [6.45, 7) is 2.37. The topological polar surface area (TPSA) is 62.3 Å². The summed E-state index contributed by atoms with van der Waals surface area (Å²) in [6.07, 6.45) is 3.96. The molecule has 5 nitrogen and oxygen atoms in total. The molecule has 0 saturated carbocycles. The quantitative estimate of drug-likeness (QED) is 0.939. The van der Waals surface area contributed by atoms with Crippen molar-refractivity contribution in [2.75, 3.05) is 11.4 Å². The highest BCUT2D eigenvalue weighted by atomic mass is 16.2. The minimum atomic E-state index is -0.577. The van der Waals surface area contributed by atoms with Crippen molar-refractivity contribution in [1.29, 1.82) is 0 Å². The number of para-hydroxylation sites is 1. The highest BCUT2D eigenvalue weighted by Crippen LogP contribution is 2.27. The summed E-state index contributed by atoms with van der Waals surface area (Å²) in [4.78, 5) is 30.3. The van der Waals surface area contributed by atoms with Crippen LogP contribution in [-0.4, -0.2) is 29.4 Å². The van der Waals surface area contributed by atoms with Crippen molar-refractivity contribution in [2.45, 2.75) is 19.4 Å². The van der Waals surface area contributed by atoms with E-state index in [2.05, 4.69) is 10.3 Å². The summed E-state index contributed by atoms with van der Waals surface area (Å²) in [5.41, 5.74) is 2.61. The second kappa shape index (κ2) is 5.97. The average Bonchev–Trinajstić information content (AvgIpc) is 2.99. The fourth-order valence-electron chi connectivity index (χ4n) is 2.65. The second-order valence-corrected chi connectivity index (χ2v) is 5.30. The molecule has 112 valence electrons. The summed E-state index contributed by atoms with van der Waals surface area (Å²) < 4.78 is 0. The molecule has 0 fully saturated rings. The van der Waals surface area contributed by atoms with Crippen LogP contribution in [0.2, 0.25) is 0 Å². The van der Waals surface area contributed by atoms with Crippen molar-refractivity contribution in [3.05, 3.63) is 59.9 Å². The van der Waals surface area contributed by atoms with E-state index in [4.69, 9.17) is 0 Å². The van der Waals surface area contributed by atoms with Gasteiger partial charge in [0.2, 0.25) is 5.91 Å². The zero-order valence-electron chi connectivity index (χ0n) is 12.3. The summed E-state index contributed by atoms with van der Waals surface area (Å²) in [5.74, 6) is -0.358. The zero-order valence-corrected chi connectivity index (χ0v) is 12.3. The van der Waals surface area contributed by atoms with Crippen LogP contribution in [0.1, 0.15) is 22.8 Å². The van der Waals surface area contributed by atoms with Gasteiger partial charge in [0.05, 0.1) is 0 Å². The summed E-state index contributed by atoms with van der Waals surface area (Å²) in [5, 5.41) is 2.75. The molecule has 0 unspecified atom stereocenters. The molecule has 22 heavy (non-hydrogen) atoms. The number of nitrogens with zero attached hydrogens (tertiary/aromatic N) is 2. The Kier molecular flexibility index (Phi) is 3.87. The van der Waals surface area contributed by atoms with Crippen LogP contribution < -0.4 is 10.2 Å². The molecule has 0 bridgehead atoms. The fourth-order valence-corrected chi connectivity index (χ4v) is 2.65. The van der Waals surface area contributed by atoms with Crippen molar-refractivity contribution in [3.63, 3.8) is 0 Å². The van der Waals surface area contributed by atoms with Crippen LogP contribution in [0.25, 0.3) is 0 Å². The van der Waals surface area contributed by atoms with Gasteiger partial charge in [-0.2, -0.15) is 0 Å². The first kappa shape index (κ1) is 14.3. The molecule has 2 amide bonds. The summed E-state index contributed by atoms with van der Waals surface area (Å²) >= 11 is 0. The highest BCUT2D eigenvalue weighted by molar-refractivity contribution is 6.03. The van der Waals surface area contributed by atoms with Gasteiger partial charge in [-0.25, -0.2) is 0 Å². The van der Waals surface area contributed by atoms with Gasteiger partial charge in [-0.05, 0) is 37.1 Å². The van der Waals surface area contributed by atoms with Crippen molar-refractivity contribution in [1.82, 2.24) is 10.3 Å². The Labute approximate surface area is 129 Å². The van der Waals surface area contributed by atoms with E-state index in [9.17, 15) is 9.59 Å². The normalized spacial score (nSPS) is 14.3. The third-order valence-corrected chi connectivity index (χ3v) is 3.81. The van der Waals surface area contributed by atoms with E-state index < -0.39 is 6.04 Å². The van der Waals surface area contributed by atoms with Gasteiger partial charge in [0.15, 0.2) is 0 Å². The predicted molar refractivity (Wildman–Crippen MR) is 83.7 cm³/mol. The largest absolute Gasteiger partial charge is 0.341 e. The lowest BCUT2D eigenvalue weighted by Crippen LogP contribution is -2.46. The summed E-state index contributed by atoms with van der Waals surface area (Å²) in [6, 6.07) is 10.5. The van der Waals surface area contributed by atoms with Crippen LogP contribution in [0.3, 0.4) is 0 Å². The van der Waals surface area contributed by atoms with Gasteiger partial charge in [-0.3, -0.25) is 14.6 Å². The number of benzene rings is 1. The molecule has 0 saturated heterocycles. The standard InChI is InChI=1S/C17H17N3O2/c1-12(19-16(21)14-6-9-18-10-7-14)17(22)20-11-8-13-4-2-3-5-15(13)20/h2-7,9-10,12H,8,11H2,1H3,(H,19,21)/t12-/m1/s1. The third-order valence-electron chi connectivity index (χ3n) is 3.81. The van der Waals surface area contributed by atoms with Crippen molar-refractivity contribution >= 4 is 17.5 Å². The Hall–Kier alpha value is -2.69. The van der Waals surface area contributed by atoms with Gasteiger partial charge < -0.3 is 10.2 Å². The number of amides is 2. The van der Waals surface area contributed by atoms with Gasteiger partial charge in [0, 0.05) is 30.2 Å². The Morgan fingerprint density at radius 1 is 1.18 bits per heavy atom. The van der Waals surface area contributed by atoms with Crippen LogP contribution in [-0.2, 0) is 11.2 Å². The van der Waals surface area contributed by atoms with E-state index in [0.717, 1.165) is 12.1 Å². The number of carbonyl (C=O) groups excluding carboxylic acids is 2. The number of pyridine rings is 1. The SMILES string of the molecule is C[C@@H](NC(=O)c1ccncc1)C(=O)N1CCc2ccccc21. The fraction of sp³-hybridized carbons (Fsp3) is 0.235. The molecule has 2 aromatic rings. The van der Waals surface area contributed by atoms with E-state index in [0.29, 0.717) is 12.1 Å². The predicted octanol–water partition coefficient (Wildman–Crippen LogP) is 1.79. The monoisotopic (exact) mass is 295 g/mol. The minimum absolute atomic E-state index is 0.0904. The molecule has 0 aliphatic carbocycles. The van der Waals surface area contributed by atoms with Crippen LogP contribution in [0.4, 0.5) is 5.69 Å². The van der Waals surface area contributed by atoms with E-state index in [1.165, 1.54) is 5.56 Å². The van der Waals surface area contributed by atoms with E-state index in [-0.39, 0.29) is 11.8 Å². The molecule has 1 aromatic carbocycles. The maximum atomic E-state index is 12.6. The average molecular weight is 295 g/mol.